The van der Waals surface area contributed by atoms with Crippen molar-refractivity contribution >= 4 is 17.7 Å². The van der Waals surface area contributed by atoms with E-state index in [1.54, 1.807) is 6.07 Å². The molecule has 0 aliphatic heterocycles. The summed E-state index contributed by atoms with van der Waals surface area (Å²) in [7, 11) is 0. The molecule has 1 atom stereocenters. The van der Waals surface area contributed by atoms with E-state index in [1.165, 1.54) is 47.6 Å². The van der Waals surface area contributed by atoms with Crippen molar-refractivity contribution < 1.29 is 23.2 Å². The maximum Gasteiger partial charge on any atom is 0.287 e. The molecule has 0 saturated heterocycles. The molecule has 1 heterocycles. The van der Waals surface area contributed by atoms with Crippen molar-refractivity contribution in [3.63, 3.8) is 0 Å². The van der Waals surface area contributed by atoms with Crippen LogP contribution in [0.25, 0.3) is 0 Å². The van der Waals surface area contributed by atoms with Crippen LogP contribution >= 0.6 is 0 Å². The van der Waals surface area contributed by atoms with Gasteiger partial charge in [0.25, 0.3) is 5.91 Å². The van der Waals surface area contributed by atoms with Gasteiger partial charge in [-0.05, 0) is 48.6 Å². The van der Waals surface area contributed by atoms with Crippen molar-refractivity contribution in [2.45, 2.75) is 37.6 Å². The Morgan fingerprint density at radius 3 is 2.44 bits per heavy atom. The number of halogens is 1. The number of nitrogens with two attached hydrogens (primary N) is 1. The molecule has 2 aromatic rings. The van der Waals surface area contributed by atoms with Crippen molar-refractivity contribution in [2.75, 3.05) is 13.1 Å². The summed E-state index contributed by atoms with van der Waals surface area (Å²) in [6, 6.07) is 8.56. The molecule has 1 aromatic heterocycles. The normalized spacial score (nSPS) is 16.0. The minimum atomic E-state index is -1.49. The summed E-state index contributed by atoms with van der Waals surface area (Å²) in [6.07, 6.45) is 7.08. The lowest BCUT2D eigenvalue weighted by atomic mass is 9.69. The van der Waals surface area contributed by atoms with Crippen LogP contribution in [-0.2, 0) is 15.1 Å². The van der Waals surface area contributed by atoms with Crippen LogP contribution in [0.5, 0.6) is 0 Å². The summed E-state index contributed by atoms with van der Waals surface area (Å²) in [4.78, 5) is 40.2. The molecule has 1 aromatic carbocycles. The van der Waals surface area contributed by atoms with Crippen molar-refractivity contribution in [1.82, 2.24) is 10.2 Å². The lowest BCUT2D eigenvalue weighted by Crippen LogP contribution is -2.63. The van der Waals surface area contributed by atoms with Crippen molar-refractivity contribution in [3.8, 4) is 0 Å². The van der Waals surface area contributed by atoms with E-state index in [2.05, 4.69) is 11.9 Å². The number of carbonyl (C=O) groups is 3. The summed E-state index contributed by atoms with van der Waals surface area (Å²) < 4.78 is 18.8. The Bertz CT molecular complexity index is 952. The summed E-state index contributed by atoms with van der Waals surface area (Å²) >= 11 is 0. The SMILES string of the molecule is C=CCN(C(=O)CNC(=O)c1ccco1)C(C(N)=O)(c1ccc(F)cc1)C1CCCCC1. The summed E-state index contributed by atoms with van der Waals surface area (Å²) in [5.41, 5.74) is 4.97. The highest BCUT2D eigenvalue weighted by Crippen LogP contribution is 2.44. The topological polar surface area (TPSA) is 106 Å². The predicted molar refractivity (Wildman–Crippen MR) is 117 cm³/mol. The average molecular weight is 442 g/mol. The van der Waals surface area contributed by atoms with Gasteiger partial charge in [-0.3, -0.25) is 14.4 Å². The first-order valence-electron chi connectivity index (χ1n) is 10.7. The second kappa shape index (κ2) is 10.3. The van der Waals surface area contributed by atoms with Gasteiger partial charge in [-0.25, -0.2) is 4.39 Å². The average Bonchev–Trinajstić information content (AvgIpc) is 3.34. The molecule has 3 rings (SSSR count). The van der Waals surface area contributed by atoms with E-state index in [0.29, 0.717) is 18.4 Å². The van der Waals surface area contributed by atoms with E-state index in [9.17, 15) is 18.8 Å². The fourth-order valence-electron chi connectivity index (χ4n) is 4.63. The Kier molecular flexibility index (Phi) is 7.45. The zero-order valence-electron chi connectivity index (χ0n) is 17.9. The summed E-state index contributed by atoms with van der Waals surface area (Å²) in [5.74, 6) is -2.37. The van der Waals surface area contributed by atoms with Crippen LogP contribution in [0.4, 0.5) is 4.39 Å². The number of amides is 3. The second-order valence-corrected chi connectivity index (χ2v) is 7.93. The molecule has 170 valence electrons. The molecule has 8 heteroatoms. The van der Waals surface area contributed by atoms with Gasteiger partial charge in [-0.2, -0.15) is 0 Å². The lowest BCUT2D eigenvalue weighted by molar-refractivity contribution is -0.151. The molecule has 1 aliphatic rings. The number of benzene rings is 1. The second-order valence-electron chi connectivity index (χ2n) is 7.93. The maximum atomic E-state index is 13.7. The molecule has 3 amide bonds. The summed E-state index contributed by atoms with van der Waals surface area (Å²) in [6.45, 7) is 3.41. The molecule has 0 radical (unpaired) electrons. The van der Waals surface area contributed by atoms with Crippen LogP contribution in [0.15, 0.2) is 59.7 Å². The number of nitrogens with zero attached hydrogens (tertiary/aromatic N) is 1. The smallest absolute Gasteiger partial charge is 0.287 e. The van der Waals surface area contributed by atoms with E-state index in [-0.39, 0.29) is 24.8 Å². The highest BCUT2D eigenvalue weighted by Gasteiger charge is 2.52. The number of carbonyl (C=O) groups excluding carboxylic acids is 3. The Morgan fingerprint density at radius 1 is 1.19 bits per heavy atom. The van der Waals surface area contributed by atoms with Crippen LogP contribution < -0.4 is 11.1 Å². The highest BCUT2D eigenvalue weighted by atomic mass is 19.1. The van der Waals surface area contributed by atoms with Crippen LogP contribution in [0.2, 0.25) is 0 Å². The first kappa shape index (κ1) is 23.2. The molecule has 1 saturated carbocycles. The number of primary amides is 1. The number of hydrogen-bond acceptors (Lipinski definition) is 4. The first-order chi connectivity index (χ1) is 15.4. The molecule has 1 fully saturated rings. The van der Waals surface area contributed by atoms with E-state index in [4.69, 9.17) is 10.2 Å². The molecule has 1 aliphatic carbocycles. The lowest BCUT2D eigenvalue weighted by Gasteiger charge is -2.48. The van der Waals surface area contributed by atoms with E-state index < -0.39 is 29.1 Å². The Hall–Kier alpha value is -3.42. The van der Waals surface area contributed by atoms with Crippen LogP contribution in [0, 0.1) is 11.7 Å². The van der Waals surface area contributed by atoms with Crippen molar-refractivity contribution in [1.29, 1.82) is 0 Å². The van der Waals surface area contributed by atoms with Crippen LogP contribution in [-0.4, -0.2) is 35.7 Å². The van der Waals surface area contributed by atoms with Gasteiger partial charge in [0.2, 0.25) is 11.8 Å². The molecule has 0 spiro atoms. The Morgan fingerprint density at radius 2 is 1.88 bits per heavy atom. The molecular formula is C24H28FN3O4. The van der Waals surface area contributed by atoms with Gasteiger partial charge in [-0.15, -0.1) is 6.58 Å². The van der Waals surface area contributed by atoms with Gasteiger partial charge >= 0.3 is 0 Å². The summed E-state index contributed by atoms with van der Waals surface area (Å²) in [5, 5.41) is 2.53. The maximum absolute atomic E-state index is 13.7. The molecule has 32 heavy (non-hydrogen) atoms. The number of hydrogen-bond donors (Lipinski definition) is 2. The van der Waals surface area contributed by atoms with Crippen LogP contribution in [0.3, 0.4) is 0 Å². The minimum Gasteiger partial charge on any atom is -0.459 e. The largest absolute Gasteiger partial charge is 0.459 e. The van der Waals surface area contributed by atoms with Gasteiger partial charge < -0.3 is 20.4 Å². The molecule has 7 nitrogen and oxygen atoms in total. The standard InChI is InChI=1S/C24H28FN3O4/c1-2-14-28(21(29)16-27-22(30)20-9-6-15-32-20)24(23(26)31,17-7-4-3-5-8-17)18-10-12-19(25)13-11-18/h2,6,9-13,15,17H,1,3-5,7-8,14,16H2,(H2,26,31)(H,27,30). The zero-order valence-corrected chi connectivity index (χ0v) is 17.9. The quantitative estimate of drug-likeness (QED) is 0.583. The van der Waals surface area contributed by atoms with Gasteiger partial charge in [0.05, 0.1) is 12.8 Å². The molecule has 3 N–H and O–H groups in total. The molecular weight excluding hydrogens is 413 g/mol. The Balaban J connectivity index is 2.00. The fourth-order valence-corrected chi connectivity index (χ4v) is 4.63. The fraction of sp³-hybridized carbons (Fsp3) is 0.375. The minimum absolute atomic E-state index is 0.0340. The monoisotopic (exact) mass is 441 g/mol. The van der Waals surface area contributed by atoms with Gasteiger partial charge in [0, 0.05) is 6.54 Å². The Labute approximate surface area is 186 Å². The predicted octanol–water partition coefficient (Wildman–Crippen LogP) is 3.12. The van der Waals surface area contributed by atoms with Crippen molar-refractivity contribution in [2.24, 2.45) is 11.7 Å². The number of nitrogens with one attached hydrogen (secondary N) is 1. The van der Waals surface area contributed by atoms with Gasteiger partial charge in [-0.1, -0.05) is 37.5 Å². The van der Waals surface area contributed by atoms with Gasteiger partial charge in [0.15, 0.2) is 5.76 Å². The zero-order chi connectivity index (χ0) is 23.1. The van der Waals surface area contributed by atoms with E-state index in [1.807, 2.05) is 0 Å². The number of furan rings is 1. The molecule has 0 bridgehead atoms. The highest BCUT2D eigenvalue weighted by molar-refractivity contribution is 5.96. The molecule has 1 unspecified atom stereocenters. The third-order valence-electron chi connectivity index (χ3n) is 6.04. The number of rotatable bonds is 9. The first-order valence-corrected chi connectivity index (χ1v) is 10.7. The van der Waals surface area contributed by atoms with Crippen LogP contribution in [0.1, 0.15) is 48.2 Å². The van der Waals surface area contributed by atoms with E-state index in [0.717, 1.165) is 19.3 Å². The third kappa shape index (κ3) is 4.59. The van der Waals surface area contributed by atoms with Crippen molar-refractivity contribution in [3.05, 3.63) is 72.5 Å². The van der Waals surface area contributed by atoms with E-state index >= 15 is 0 Å². The third-order valence-corrected chi connectivity index (χ3v) is 6.04. The van der Waals surface area contributed by atoms with Gasteiger partial charge in [0.1, 0.15) is 11.4 Å².